The number of hydrogen-bond donors (Lipinski definition) is 1. The Morgan fingerprint density at radius 1 is 1.14 bits per heavy atom. The molecule has 0 aromatic heterocycles. The molecule has 108 valence electrons. The lowest BCUT2D eigenvalue weighted by atomic mass is 10.1. The van der Waals surface area contributed by atoms with Crippen molar-refractivity contribution in [3.05, 3.63) is 53.3 Å². The van der Waals surface area contributed by atoms with Crippen LogP contribution in [0.15, 0.2) is 36.4 Å². The van der Waals surface area contributed by atoms with Crippen LogP contribution in [0.3, 0.4) is 0 Å². The van der Waals surface area contributed by atoms with Gasteiger partial charge in [0.05, 0.1) is 5.69 Å². The molecule has 21 heavy (non-hydrogen) atoms. The molecule has 0 radical (unpaired) electrons. The Morgan fingerprint density at radius 3 is 2.52 bits per heavy atom. The first kappa shape index (κ1) is 13.4. The summed E-state index contributed by atoms with van der Waals surface area (Å²) in [5.74, 6) is 0.308. The molecule has 1 amide bonds. The molecule has 2 aromatic carbocycles. The van der Waals surface area contributed by atoms with Crippen molar-refractivity contribution in [3.63, 3.8) is 0 Å². The van der Waals surface area contributed by atoms with Gasteiger partial charge in [-0.05, 0) is 36.8 Å². The zero-order chi connectivity index (χ0) is 14.8. The number of ether oxygens (including phenoxy) is 2. The molecule has 0 atom stereocenters. The quantitative estimate of drug-likeness (QED) is 0.923. The molecule has 0 fully saturated rings. The molecule has 4 nitrogen and oxygen atoms in total. The molecular weight excluding hydrogens is 273 g/mol. The molecule has 0 saturated carbocycles. The van der Waals surface area contributed by atoms with Gasteiger partial charge in [-0.15, -0.1) is 0 Å². The fraction of sp³-hybridized carbons (Fsp3) is 0.188. The predicted molar refractivity (Wildman–Crippen MR) is 76.5 cm³/mol. The summed E-state index contributed by atoms with van der Waals surface area (Å²) in [4.78, 5) is 12.3. The standard InChI is InChI=1S/C16H14FNO3/c1-10-8-14-15(21-7-6-20-14)9-11(10)16(19)18-13-5-3-2-4-12(13)17/h2-5,8-9H,6-7H2,1H3,(H,18,19). The molecule has 1 aliphatic heterocycles. The highest BCUT2D eigenvalue weighted by atomic mass is 19.1. The Kier molecular flexibility index (Phi) is 3.48. The van der Waals surface area contributed by atoms with E-state index < -0.39 is 5.82 Å². The van der Waals surface area contributed by atoms with Gasteiger partial charge in [0.25, 0.3) is 5.91 Å². The second-order valence-corrected chi connectivity index (χ2v) is 4.74. The number of aryl methyl sites for hydroxylation is 1. The van der Waals surface area contributed by atoms with Crippen LogP contribution >= 0.6 is 0 Å². The van der Waals surface area contributed by atoms with Crippen molar-refractivity contribution >= 4 is 11.6 Å². The molecule has 0 saturated heterocycles. The molecular formula is C16H14FNO3. The summed E-state index contributed by atoms with van der Waals surface area (Å²) in [6.45, 7) is 2.74. The number of para-hydroxylation sites is 1. The Bertz CT molecular complexity index is 700. The van der Waals surface area contributed by atoms with Gasteiger partial charge in [-0.25, -0.2) is 4.39 Å². The Hall–Kier alpha value is -2.56. The maximum Gasteiger partial charge on any atom is 0.256 e. The van der Waals surface area contributed by atoms with Gasteiger partial charge in [0.15, 0.2) is 11.5 Å². The highest BCUT2D eigenvalue weighted by Gasteiger charge is 2.18. The van der Waals surface area contributed by atoms with Crippen LogP contribution in [-0.4, -0.2) is 19.1 Å². The van der Waals surface area contributed by atoms with Crippen molar-refractivity contribution in [3.8, 4) is 11.5 Å². The third kappa shape index (κ3) is 2.67. The van der Waals surface area contributed by atoms with E-state index in [0.717, 1.165) is 5.56 Å². The van der Waals surface area contributed by atoms with E-state index in [1.165, 1.54) is 12.1 Å². The molecule has 1 aliphatic rings. The summed E-state index contributed by atoms with van der Waals surface area (Å²) in [6.07, 6.45) is 0. The monoisotopic (exact) mass is 287 g/mol. The number of carbonyl (C=O) groups is 1. The topological polar surface area (TPSA) is 47.6 Å². The SMILES string of the molecule is Cc1cc2c(cc1C(=O)Nc1ccccc1F)OCCO2. The third-order valence-electron chi connectivity index (χ3n) is 3.26. The average Bonchev–Trinajstić information content (AvgIpc) is 2.49. The summed E-state index contributed by atoms with van der Waals surface area (Å²) < 4.78 is 24.5. The van der Waals surface area contributed by atoms with E-state index in [2.05, 4.69) is 5.32 Å². The predicted octanol–water partition coefficient (Wildman–Crippen LogP) is 3.16. The molecule has 0 bridgehead atoms. The lowest BCUT2D eigenvalue weighted by molar-refractivity contribution is 0.102. The Labute approximate surface area is 121 Å². The number of rotatable bonds is 2. The van der Waals surface area contributed by atoms with Crippen LogP contribution in [0.5, 0.6) is 11.5 Å². The molecule has 0 spiro atoms. The average molecular weight is 287 g/mol. The summed E-state index contributed by atoms with van der Waals surface area (Å²) in [5.41, 5.74) is 1.33. The number of nitrogens with one attached hydrogen (secondary N) is 1. The van der Waals surface area contributed by atoms with Crippen molar-refractivity contribution in [2.24, 2.45) is 0 Å². The molecule has 0 aliphatic carbocycles. The number of hydrogen-bond acceptors (Lipinski definition) is 3. The molecule has 2 aromatic rings. The number of benzene rings is 2. The second-order valence-electron chi connectivity index (χ2n) is 4.74. The number of amides is 1. The van der Waals surface area contributed by atoms with Crippen molar-refractivity contribution in [2.45, 2.75) is 6.92 Å². The van der Waals surface area contributed by atoms with E-state index in [1.807, 2.05) is 0 Å². The first-order chi connectivity index (χ1) is 10.1. The van der Waals surface area contributed by atoms with Gasteiger partial charge >= 0.3 is 0 Å². The number of anilines is 1. The molecule has 0 unspecified atom stereocenters. The van der Waals surface area contributed by atoms with Crippen LogP contribution in [0.4, 0.5) is 10.1 Å². The van der Waals surface area contributed by atoms with E-state index in [0.29, 0.717) is 30.3 Å². The Morgan fingerprint density at radius 2 is 1.81 bits per heavy atom. The fourth-order valence-corrected chi connectivity index (χ4v) is 2.19. The van der Waals surface area contributed by atoms with Crippen LogP contribution < -0.4 is 14.8 Å². The summed E-state index contributed by atoms with van der Waals surface area (Å²) in [7, 11) is 0. The van der Waals surface area contributed by atoms with E-state index in [4.69, 9.17) is 9.47 Å². The minimum atomic E-state index is -0.471. The summed E-state index contributed by atoms with van der Waals surface area (Å²) in [5, 5.41) is 2.56. The first-order valence-corrected chi connectivity index (χ1v) is 6.61. The maximum atomic E-state index is 13.6. The van der Waals surface area contributed by atoms with Gasteiger partial charge in [-0.3, -0.25) is 4.79 Å². The summed E-state index contributed by atoms with van der Waals surface area (Å²) >= 11 is 0. The largest absolute Gasteiger partial charge is 0.486 e. The normalized spacial score (nSPS) is 12.9. The highest BCUT2D eigenvalue weighted by Crippen LogP contribution is 2.33. The van der Waals surface area contributed by atoms with Gasteiger partial charge in [-0.1, -0.05) is 12.1 Å². The highest BCUT2D eigenvalue weighted by molar-refractivity contribution is 6.05. The first-order valence-electron chi connectivity index (χ1n) is 6.61. The lowest BCUT2D eigenvalue weighted by Gasteiger charge is -2.20. The van der Waals surface area contributed by atoms with Crippen molar-refractivity contribution < 1.29 is 18.7 Å². The van der Waals surface area contributed by atoms with Crippen LogP contribution in [0, 0.1) is 12.7 Å². The zero-order valence-corrected chi connectivity index (χ0v) is 11.5. The number of halogens is 1. The fourth-order valence-electron chi connectivity index (χ4n) is 2.19. The van der Waals surface area contributed by atoms with Gasteiger partial charge in [-0.2, -0.15) is 0 Å². The van der Waals surface area contributed by atoms with E-state index in [9.17, 15) is 9.18 Å². The van der Waals surface area contributed by atoms with Crippen molar-refractivity contribution in [1.82, 2.24) is 0 Å². The van der Waals surface area contributed by atoms with Gasteiger partial charge in [0.2, 0.25) is 0 Å². The lowest BCUT2D eigenvalue weighted by Crippen LogP contribution is -2.18. The smallest absolute Gasteiger partial charge is 0.256 e. The van der Waals surface area contributed by atoms with E-state index in [-0.39, 0.29) is 11.6 Å². The second kappa shape index (κ2) is 5.44. The maximum absolute atomic E-state index is 13.6. The van der Waals surface area contributed by atoms with Crippen molar-refractivity contribution in [1.29, 1.82) is 0 Å². The summed E-state index contributed by atoms with van der Waals surface area (Å²) in [6, 6.07) is 9.42. The minimum Gasteiger partial charge on any atom is -0.486 e. The van der Waals surface area contributed by atoms with E-state index in [1.54, 1.807) is 31.2 Å². The van der Waals surface area contributed by atoms with Crippen LogP contribution in [-0.2, 0) is 0 Å². The van der Waals surface area contributed by atoms with E-state index >= 15 is 0 Å². The van der Waals surface area contributed by atoms with Crippen LogP contribution in [0.2, 0.25) is 0 Å². The van der Waals surface area contributed by atoms with Gasteiger partial charge in [0, 0.05) is 5.56 Å². The third-order valence-corrected chi connectivity index (χ3v) is 3.26. The Balaban J connectivity index is 1.89. The molecule has 3 rings (SSSR count). The van der Waals surface area contributed by atoms with Crippen LogP contribution in [0.25, 0.3) is 0 Å². The molecule has 5 heteroatoms. The minimum absolute atomic E-state index is 0.150. The van der Waals surface area contributed by atoms with Gasteiger partial charge < -0.3 is 14.8 Å². The molecule has 1 heterocycles. The zero-order valence-electron chi connectivity index (χ0n) is 11.5. The number of carbonyl (C=O) groups excluding carboxylic acids is 1. The van der Waals surface area contributed by atoms with Gasteiger partial charge in [0.1, 0.15) is 19.0 Å². The molecule has 1 N–H and O–H groups in total. The number of fused-ring (bicyclic) bond motifs is 1. The van der Waals surface area contributed by atoms with Crippen molar-refractivity contribution in [2.75, 3.05) is 18.5 Å². The van der Waals surface area contributed by atoms with Crippen LogP contribution in [0.1, 0.15) is 15.9 Å².